The molecule has 3 unspecified atom stereocenters. The Kier molecular flexibility index (Phi) is 4.99. The molecular weight excluding hydrogens is 260 g/mol. The minimum absolute atomic E-state index is 0.00718. The highest BCUT2D eigenvalue weighted by Gasteiger charge is 2.41. The number of rotatable bonds is 3. The fourth-order valence-electron chi connectivity index (χ4n) is 3.21. The molecule has 114 valence electrons. The van der Waals surface area contributed by atoms with Gasteiger partial charge in [-0.1, -0.05) is 12.8 Å². The van der Waals surface area contributed by atoms with E-state index in [9.17, 15) is 19.8 Å². The monoisotopic (exact) mass is 284 g/mol. The lowest BCUT2D eigenvalue weighted by atomic mass is 10.1. The minimum Gasteiger partial charge on any atom is -0.480 e. The molecule has 20 heavy (non-hydrogen) atoms. The topological polar surface area (TPSA) is 81.1 Å². The summed E-state index contributed by atoms with van der Waals surface area (Å²) in [5.41, 5.74) is 0. The number of aliphatic hydroxyl groups is 1. The SMILES string of the molecule is CC(C(=O)N1CCCCCC1)N1CC(O)CC1C(=O)O. The highest BCUT2D eigenvalue weighted by molar-refractivity contribution is 5.83. The number of carbonyl (C=O) groups is 2. The van der Waals surface area contributed by atoms with Gasteiger partial charge in [-0.25, -0.2) is 0 Å². The largest absolute Gasteiger partial charge is 0.480 e. The van der Waals surface area contributed by atoms with Gasteiger partial charge in [0, 0.05) is 26.1 Å². The Labute approximate surface area is 119 Å². The second-order valence-corrected chi connectivity index (χ2v) is 5.86. The van der Waals surface area contributed by atoms with Crippen LogP contribution in [0.15, 0.2) is 0 Å². The van der Waals surface area contributed by atoms with Crippen LogP contribution in [-0.4, -0.2) is 69.7 Å². The molecule has 0 radical (unpaired) electrons. The molecule has 2 heterocycles. The van der Waals surface area contributed by atoms with Crippen molar-refractivity contribution in [1.29, 1.82) is 0 Å². The summed E-state index contributed by atoms with van der Waals surface area (Å²) in [4.78, 5) is 27.2. The fourth-order valence-corrected chi connectivity index (χ4v) is 3.21. The molecule has 6 heteroatoms. The van der Waals surface area contributed by atoms with Crippen LogP contribution in [0.1, 0.15) is 39.0 Å². The molecule has 3 atom stereocenters. The van der Waals surface area contributed by atoms with Gasteiger partial charge in [-0.15, -0.1) is 0 Å². The first-order chi connectivity index (χ1) is 9.50. The molecule has 2 fully saturated rings. The number of aliphatic carboxylic acids is 1. The van der Waals surface area contributed by atoms with Crippen molar-refractivity contribution in [3.8, 4) is 0 Å². The van der Waals surface area contributed by atoms with Crippen molar-refractivity contribution in [3.63, 3.8) is 0 Å². The highest BCUT2D eigenvalue weighted by atomic mass is 16.4. The first-order valence-electron chi connectivity index (χ1n) is 7.46. The summed E-state index contributed by atoms with van der Waals surface area (Å²) in [7, 11) is 0. The van der Waals surface area contributed by atoms with Crippen LogP contribution < -0.4 is 0 Å². The number of hydrogen-bond acceptors (Lipinski definition) is 4. The van der Waals surface area contributed by atoms with Gasteiger partial charge in [0.2, 0.25) is 5.91 Å². The number of amides is 1. The summed E-state index contributed by atoms with van der Waals surface area (Å²) >= 11 is 0. The van der Waals surface area contributed by atoms with Gasteiger partial charge in [0.05, 0.1) is 12.1 Å². The number of likely N-dealkylation sites (tertiary alicyclic amines) is 2. The normalized spacial score (nSPS) is 30.0. The summed E-state index contributed by atoms with van der Waals surface area (Å²) in [6.07, 6.45) is 3.88. The summed E-state index contributed by atoms with van der Waals surface area (Å²) in [6, 6.07) is -1.23. The van der Waals surface area contributed by atoms with E-state index in [1.54, 1.807) is 11.8 Å². The van der Waals surface area contributed by atoms with E-state index >= 15 is 0 Å². The van der Waals surface area contributed by atoms with Crippen molar-refractivity contribution in [1.82, 2.24) is 9.80 Å². The Balaban J connectivity index is 2.03. The molecular formula is C14H24N2O4. The molecule has 6 nitrogen and oxygen atoms in total. The number of carboxylic acid groups (broad SMARTS) is 1. The Morgan fingerprint density at radius 1 is 1.15 bits per heavy atom. The van der Waals surface area contributed by atoms with E-state index in [1.165, 1.54) is 0 Å². The van der Waals surface area contributed by atoms with Crippen molar-refractivity contribution in [3.05, 3.63) is 0 Å². The molecule has 1 amide bonds. The zero-order valence-corrected chi connectivity index (χ0v) is 12.0. The Morgan fingerprint density at radius 3 is 2.30 bits per heavy atom. The maximum Gasteiger partial charge on any atom is 0.321 e. The summed E-state index contributed by atoms with van der Waals surface area (Å²) < 4.78 is 0. The second kappa shape index (κ2) is 6.54. The molecule has 2 aliphatic rings. The minimum atomic E-state index is -0.961. The van der Waals surface area contributed by atoms with Crippen LogP contribution in [0.4, 0.5) is 0 Å². The van der Waals surface area contributed by atoms with Gasteiger partial charge in [-0.3, -0.25) is 14.5 Å². The molecule has 0 saturated carbocycles. The lowest BCUT2D eigenvalue weighted by molar-refractivity contribution is -0.145. The molecule has 0 bridgehead atoms. The van der Waals surface area contributed by atoms with Crippen molar-refractivity contribution in [2.75, 3.05) is 19.6 Å². The molecule has 2 N–H and O–H groups in total. The van der Waals surface area contributed by atoms with Crippen molar-refractivity contribution in [2.45, 2.75) is 57.2 Å². The number of β-amino-alcohol motifs (C(OH)–C–C–N with tert-alkyl or cyclic N) is 1. The molecule has 0 aliphatic carbocycles. The first-order valence-corrected chi connectivity index (χ1v) is 7.46. The van der Waals surface area contributed by atoms with E-state index in [0.29, 0.717) is 0 Å². The van der Waals surface area contributed by atoms with Crippen LogP contribution in [0.2, 0.25) is 0 Å². The lowest BCUT2D eigenvalue weighted by Gasteiger charge is -2.31. The average molecular weight is 284 g/mol. The molecule has 0 spiro atoms. The van der Waals surface area contributed by atoms with Crippen LogP contribution in [-0.2, 0) is 9.59 Å². The number of nitrogens with zero attached hydrogens (tertiary/aromatic N) is 2. The number of carbonyl (C=O) groups excluding carboxylic acids is 1. The highest BCUT2D eigenvalue weighted by Crippen LogP contribution is 2.22. The third-order valence-electron chi connectivity index (χ3n) is 4.37. The molecule has 2 saturated heterocycles. The third-order valence-corrected chi connectivity index (χ3v) is 4.37. The van der Waals surface area contributed by atoms with Gasteiger partial charge in [-0.05, 0) is 19.8 Å². The first kappa shape index (κ1) is 15.3. The maximum atomic E-state index is 12.5. The quantitative estimate of drug-likeness (QED) is 0.779. The van der Waals surface area contributed by atoms with Gasteiger partial charge in [0.25, 0.3) is 0 Å². The van der Waals surface area contributed by atoms with Gasteiger partial charge < -0.3 is 15.1 Å². The zero-order valence-electron chi connectivity index (χ0n) is 12.0. The fraction of sp³-hybridized carbons (Fsp3) is 0.857. The van der Waals surface area contributed by atoms with Crippen LogP contribution >= 0.6 is 0 Å². The molecule has 2 rings (SSSR count). The van der Waals surface area contributed by atoms with Crippen LogP contribution in [0.3, 0.4) is 0 Å². The summed E-state index contributed by atoms with van der Waals surface area (Å²) in [6.45, 7) is 3.54. The molecule has 0 aromatic rings. The third kappa shape index (κ3) is 3.30. The Bertz CT molecular complexity index is 366. The van der Waals surface area contributed by atoms with Crippen molar-refractivity contribution in [2.24, 2.45) is 0 Å². The predicted molar refractivity (Wildman–Crippen MR) is 73.3 cm³/mol. The molecule has 0 aromatic carbocycles. The standard InChI is InChI=1S/C14H24N2O4/c1-10(13(18)15-6-4-2-3-5-7-15)16-9-11(17)8-12(16)14(19)20/h10-12,17H,2-9H2,1H3,(H,19,20). The van der Waals surface area contributed by atoms with E-state index in [0.717, 1.165) is 38.8 Å². The van der Waals surface area contributed by atoms with Crippen LogP contribution in [0.5, 0.6) is 0 Å². The molecule has 2 aliphatic heterocycles. The van der Waals surface area contributed by atoms with E-state index in [4.69, 9.17) is 0 Å². The van der Waals surface area contributed by atoms with Crippen molar-refractivity contribution >= 4 is 11.9 Å². The Morgan fingerprint density at radius 2 is 1.75 bits per heavy atom. The van der Waals surface area contributed by atoms with E-state index in [1.807, 2.05) is 4.90 Å². The van der Waals surface area contributed by atoms with E-state index in [2.05, 4.69) is 0 Å². The zero-order chi connectivity index (χ0) is 14.7. The summed E-state index contributed by atoms with van der Waals surface area (Å²) in [5.74, 6) is -0.968. The number of carboxylic acids is 1. The maximum absolute atomic E-state index is 12.5. The van der Waals surface area contributed by atoms with E-state index in [-0.39, 0.29) is 18.9 Å². The lowest BCUT2D eigenvalue weighted by Crippen LogP contribution is -2.51. The van der Waals surface area contributed by atoms with Gasteiger partial charge in [-0.2, -0.15) is 0 Å². The second-order valence-electron chi connectivity index (χ2n) is 5.86. The number of aliphatic hydroxyl groups excluding tert-OH is 1. The van der Waals surface area contributed by atoms with Crippen molar-refractivity contribution < 1.29 is 19.8 Å². The summed E-state index contributed by atoms with van der Waals surface area (Å²) in [5, 5.41) is 18.9. The average Bonchev–Trinajstić information content (AvgIpc) is 2.64. The van der Waals surface area contributed by atoms with Gasteiger partial charge >= 0.3 is 5.97 Å². The van der Waals surface area contributed by atoms with Gasteiger partial charge in [0.1, 0.15) is 6.04 Å². The molecule has 0 aromatic heterocycles. The van der Waals surface area contributed by atoms with Gasteiger partial charge in [0.15, 0.2) is 0 Å². The smallest absolute Gasteiger partial charge is 0.321 e. The number of hydrogen-bond donors (Lipinski definition) is 2. The van der Waals surface area contributed by atoms with Crippen LogP contribution in [0, 0.1) is 0 Å². The predicted octanol–water partition coefficient (Wildman–Crippen LogP) is 0.297. The Hall–Kier alpha value is -1.14. The van der Waals surface area contributed by atoms with E-state index < -0.39 is 24.2 Å². The van der Waals surface area contributed by atoms with Crippen LogP contribution in [0.25, 0.3) is 0 Å².